The van der Waals surface area contributed by atoms with Crippen molar-refractivity contribution < 1.29 is 4.79 Å². The summed E-state index contributed by atoms with van der Waals surface area (Å²) in [5.41, 5.74) is 3.20. The Labute approximate surface area is 218 Å². The number of hydrogen-bond donors (Lipinski definition) is 1. The van der Waals surface area contributed by atoms with Gasteiger partial charge in [0.25, 0.3) is 5.91 Å². The third-order valence-corrected chi connectivity index (χ3v) is 7.48. The van der Waals surface area contributed by atoms with Crippen LogP contribution in [0.5, 0.6) is 0 Å². The van der Waals surface area contributed by atoms with Gasteiger partial charge in [-0.25, -0.2) is 9.97 Å². The smallest absolute Gasteiger partial charge is 0.253 e. The highest BCUT2D eigenvalue weighted by molar-refractivity contribution is 5.94. The van der Waals surface area contributed by atoms with Gasteiger partial charge in [0.2, 0.25) is 5.95 Å². The highest BCUT2D eigenvalue weighted by Crippen LogP contribution is 2.36. The summed E-state index contributed by atoms with van der Waals surface area (Å²) in [5.74, 6) is 1.76. The van der Waals surface area contributed by atoms with Crippen LogP contribution < -0.4 is 5.32 Å². The largest absolute Gasteiger partial charge is 0.338 e. The van der Waals surface area contributed by atoms with Crippen LogP contribution in [0.15, 0.2) is 48.9 Å². The molecule has 1 amide bonds. The first-order chi connectivity index (χ1) is 18.1. The molecule has 0 bridgehead atoms. The van der Waals surface area contributed by atoms with Crippen molar-refractivity contribution in [2.45, 2.75) is 64.3 Å². The minimum absolute atomic E-state index is 0.0999. The molecule has 1 unspecified atom stereocenters. The zero-order valence-electron chi connectivity index (χ0n) is 21.5. The summed E-state index contributed by atoms with van der Waals surface area (Å²) in [6.07, 6.45) is 14.2. The first-order valence-corrected chi connectivity index (χ1v) is 13.6. The highest BCUT2D eigenvalue weighted by Gasteiger charge is 2.28. The second kappa shape index (κ2) is 11.5. The van der Waals surface area contributed by atoms with Crippen LogP contribution in [-0.4, -0.2) is 43.6 Å². The third-order valence-electron chi connectivity index (χ3n) is 7.48. The summed E-state index contributed by atoms with van der Waals surface area (Å²) >= 11 is 0. The van der Waals surface area contributed by atoms with E-state index in [0.717, 1.165) is 49.3 Å². The average Bonchev–Trinajstić information content (AvgIpc) is 3.36. The van der Waals surface area contributed by atoms with Crippen molar-refractivity contribution in [2.24, 2.45) is 11.8 Å². The minimum atomic E-state index is 0.0999. The molecule has 8 heteroatoms. The summed E-state index contributed by atoms with van der Waals surface area (Å²) in [7, 11) is 0. The Morgan fingerprint density at radius 3 is 2.68 bits per heavy atom. The lowest BCUT2D eigenvalue weighted by molar-refractivity contribution is 0.0747. The fourth-order valence-electron chi connectivity index (χ4n) is 5.31. The van der Waals surface area contributed by atoms with Crippen molar-refractivity contribution in [3.8, 4) is 17.3 Å². The van der Waals surface area contributed by atoms with Gasteiger partial charge in [0.1, 0.15) is 0 Å². The van der Waals surface area contributed by atoms with Gasteiger partial charge >= 0.3 is 0 Å². The van der Waals surface area contributed by atoms with Crippen LogP contribution in [-0.2, 0) is 0 Å². The Morgan fingerprint density at radius 2 is 1.97 bits per heavy atom. The van der Waals surface area contributed by atoms with Gasteiger partial charge in [0.15, 0.2) is 0 Å². The molecule has 1 atom stereocenters. The van der Waals surface area contributed by atoms with Crippen molar-refractivity contribution in [1.82, 2.24) is 24.6 Å². The van der Waals surface area contributed by atoms with E-state index in [1.807, 2.05) is 52.3 Å². The van der Waals surface area contributed by atoms with E-state index in [-0.39, 0.29) is 11.9 Å². The van der Waals surface area contributed by atoms with E-state index in [4.69, 9.17) is 0 Å². The summed E-state index contributed by atoms with van der Waals surface area (Å²) < 4.78 is 1.95. The average molecular weight is 498 g/mol. The molecule has 1 aromatic carbocycles. The fourth-order valence-corrected chi connectivity index (χ4v) is 5.31. The number of carbonyl (C=O) groups is 1. The molecule has 2 fully saturated rings. The van der Waals surface area contributed by atoms with Crippen molar-refractivity contribution in [1.29, 1.82) is 5.26 Å². The second-order valence-electron chi connectivity index (χ2n) is 10.3. The Kier molecular flexibility index (Phi) is 7.79. The molecule has 192 valence electrons. The van der Waals surface area contributed by atoms with Crippen LogP contribution in [0.1, 0.15) is 74.7 Å². The molecule has 2 aliphatic rings. The Hall–Kier alpha value is -3.73. The zero-order valence-corrected chi connectivity index (χ0v) is 21.5. The number of rotatable bonds is 11. The number of nitrogens with zero attached hydrogens (tertiary/aromatic N) is 6. The Balaban J connectivity index is 1.26. The second-order valence-corrected chi connectivity index (χ2v) is 10.3. The van der Waals surface area contributed by atoms with Gasteiger partial charge in [-0.1, -0.05) is 19.8 Å². The van der Waals surface area contributed by atoms with E-state index in [2.05, 4.69) is 33.4 Å². The van der Waals surface area contributed by atoms with Crippen LogP contribution in [0.25, 0.3) is 11.3 Å². The van der Waals surface area contributed by atoms with Crippen LogP contribution in [0, 0.1) is 23.2 Å². The van der Waals surface area contributed by atoms with Gasteiger partial charge in [-0.2, -0.15) is 10.4 Å². The van der Waals surface area contributed by atoms with E-state index in [1.54, 1.807) is 6.20 Å². The van der Waals surface area contributed by atoms with Crippen LogP contribution in [0.3, 0.4) is 0 Å². The molecule has 2 aromatic heterocycles. The van der Waals surface area contributed by atoms with Gasteiger partial charge < -0.3 is 10.2 Å². The molecule has 2 heterocycles. The first kappa shape index (κ1) is 24.9. The lowest BCUT2D eigenvalue weighted by atomic mass is 9.96. The predicted molar refractivity (Wildman–Crippen MR) is 143 cm³/mol. The van der Waals surface area contributed by atoms with Gasteiger partial charge in [0, 0.05) is 42.3 Å². The molecular weight excluding hydrogens is 462 g/mol. The summed E-state index contributed by atoms with van der Waals surface area (Å²) in [4.78, 5) is 24.1. The molecule has 1 N–H and O–H groups in total. The maximum atomic E-state index is 13.0. The Morgan fingerprint density at radius 1 is 1.19 bits per heavy atom. The summed E-state index contributed by atoms with van der Waals surface area (Å²) in [6, 6.07) is 11.9. The Bertz CT molecular complexity index is 1240. The number of amides is 1. The van der Waals surface area contributed by atoms with Crippen LogP contribution in [0.4, 0.5) is 11.6 Å². The molecule has 2 saturated carbocycles. The number of benzene rings is 1. The van der Waals surface area contributed by atoms with Crippen molar-refractivity contribution in [2.75, 3.05) is 18.4 Å². The quantitative estimate of drug-likeness (QED) is 0.349. The van der Waals surface area contributed by atoms with E-state index in [0.29, 0.717) is 29.8 Å². The molecule has 3 aromatic rings. The standard InChI is InChI=1S/C29H35N7O/c1-2-17-35(19-21-7-8-21)28(37)23-9-11-25(12-10-23)33-29-31-16-14-26(34-29)24-18-32-36(20-24)27(13-15-30)22-5-3-4-6-22/h9-12,14,16,18,20-22,27H,2-8,13,17,19H2,1H3,(H,31,33,34). The SMILES string of the molecule is CCCN(CC1CC1)C(=O)c1ccc(Nc2nccc(-c3cnn(C(CC#N)C4CCCC4)c3)n2)cc1. The molecule has 0 saturated heterocycles. The van der Waals surface area contributed by atoms with Gasteiger partial charge in [-0.05, 0) is 74.3 Å². The molecule has 37 heavy (non-hydrogen) atoms. The number of anilines is 2. The van der Waals surface area contributed by atoms with Gasteiger partial charge in [-0.3, -0.25) is 9.48 Å². The molecule has 2 aliphatic carbocycles. The molecule has 5 rings (SSSR count). The van der Waals surface area contributed by atoms with Crippen LogP contribution in [0.2, 0.25) is 0 Å². The maximum Gasteiger partial charge on any atom is 0.253 e. The normalized spacial score (nSPS) is 16.3. The molecule has 0 aliphatic heterocycles. The van der Waals surface area contributed by atoms with E-state index < -0.39 is 0 Å². The maximum absolute atomic E-state index is 13.0. The minimum Gasteiger partial charge on any atom is -0.338 e. The number of nitriles is 1. The fraction of sp³-hybridized carbons (Fsp3) is 0.483. The van der Waals surface area contributed by atoms with Crippen molar-refractivity contribution >= 4 is 17.5 Å². The molecule has 0 spiro atoms. The third kappa shape index (κ3) is 6.16. The topological polar surface area (TPSA) is 99.7 Å². The van der Waals surface area contributed by atoms with Gasteiger partial charge in [-0.15, -0.1) is 0 Å². The number of carbonyl (C=O) groups excluding carboxylic acids is 1. The summed E-state index contributed by atoms with van der Waals surface area (Å²) in [6.45, 7) is 3.77. The lowest BCUT2D eigenvalue weighted by Crippen LogP contribution is -2.33. The van der Waals surface area contributed by atoms with Crippen LogP contribution >= 0.6 is 0 Å². The number of hydrogen-bond acceptors (Lipinski definition) is 6. The first-order valence-electron chi connectivity index (χ1n) is 13.6. The van der Waals surface area contributed by atoms with E-state index in [1.165, 1.54) is 25.7 Å². The predicted octanol–water partition coefficient (Wildman–Crippen LogP) is 5.99. The molecular formula is C29H35N7O. The number of aromatic nitrogens is 4. The van der Waals surface area contributed by atoms with Crippen molar-refractivity contribution in [3.05, 3.63) is 54.5 Å². The lowest BCUT2D eigenvalue weighted by Gasteiger charge is -2.22. The zero-order chi connectivity index (χ0) is 25.6. The monoisotopic (exact) mass is 497 g/mol. The molecule has 0 radical (unpaired) electrons. The highest BCUT2D eigenvalue weighted by atomic mass is 16.2. The van der Waals surface area contributed by atoms with Gasteiger partial charge in [0.05, 0.1) is 30.4 Å². The van der Waals surface area contributed by atoms with E-state index in [9.17, 15) is 10.1 Å². The summed E-state index contributed by atoms with van der Waals surface area (Å²) in [5, 5.41) is 17.2. The van der Waals surface area contributed by atoms with E-state index >= 15 is 0 Å². The van der Waals surface area contributed by atoms with Crippen molar-refractivity contribution in [3.63, 3.8) is 0 Å². The molecule has 8 nitrogen and oxygen atoms in total. The number of nitrogens with one attached hydrogen (secondary N) is 1.